The first-order chi connectivity index (χ1) is 10.1. The molecule has 0 bridgehead atoms. The van der Waals surface area contributed by atoms with Crippen molar-refractivity contribution in [1.29, 1.82) is 0 Å². The molecule has 1 N–H and O–H groups in total. The zero-order valence-corrected chi connectivity index (χ0v) is 12.4. The Hall–Kier alpha value is -1.78. The van der Waals surface area contributed by atoms with Crippen LogP contribution in [-0.2, 0) is 4.79 Å². The van der Waals surface area contributed by atoms with Crippen molar-refractivity contribution in [3.05, 3.63) is 58.3 Å². The molecule has 1 amide bonds. The van der Waals surface area contributed by atoms with Gasteiger partial charge in [-0.2, -0.15) is 0 Å². The molecule has 0 saturated carbocycles. The predicted molar refractivity (Wildman–Crippen MR) is 81.6 cm³/mol. The van der Waals surface area contributed by atoms with Gasteiger partial charge in [-0.25, -0.2) is 4.39 Å². The zero-order valence-electron chi connectivity index (χ0n) is 10.9. The van der Waals surface area contributed by atoms with Crippen LogP contribution in [0.1, 0.15) is 6.42 Å². The Morgan fingerprint density at radius 2 is 1.90 bits per heavy atom. The lowest BCUT2D eigenvalue weighted by Crippen LogP contribution is -2.15. The Morgan fingerprint density at radius 3 is 2.62 bits per heavy atom. The molecular weight excluding hydrogens is 316 g/mol. The van der Waals surface area contributed by atoms with Crippen LogP contribution >= 0.6 is 23.2 Å². The Morgan fingerprint density at radius 1 is 1.14 bits per heavy atom. The largest absolute Gasteiger partial charge is 0.490 e. The summed E-state index contributed by atoms with van der Waals surface area (Å²) in [7, 11) is 0. The van der Waals surface area contributed by atoms with Gasteiger partial charge < -0.3 is 10.1 Å². The van der Waals surface area contributed by atoms with Gasteiger partial charge in [0.15, 0.2) is 11.6 Å². The van der Waals surface area contributed by atoms with E-state index in [2.05, 4.69) is 5.32 Å². The highest BCUT2D eigenvalue weighted by atomic mass is 35.5. The van der Waals surface area contributed by atoms with Gasteiger partial charge in [0, 0.05) is 5.69 Å². The van der Waals surface area contributed by atoms with Gasteiger partial charge >= 0.3 is 0 Å². The summed E-state index contributed by atoms with van der Waals surface area (Å²) in [5, 5.41) is 3.43. The average Bonchev–Trinajstić information content (AvgIpc) is 2.45. The number of ether oxygens (including phenoxy) is 1. The standard InChI is InChI=1S/C15H12Cl2FNO2/c16-11-6-5-10(9-12(11)17)19-15(20)7-8-21-14-4-2-1-3-13(14)18/h1-6,9H,7-8H2,(H,19,20). The van der Waals surface area contributed by atoms with Gasteiger partial charge in [0.1, 0.15) is 0 Å². The first-order valence-electron chi connectivity index (χ1n) is 6.18. The Kier molecular flexibility index (Phi) is 5.42. The fourth-order valence-electron chi connectivity index (χ4n) is 1.61. The molecule has 0 aliphatic carbocycles. The van der Waals surface area contributed by atoms with Crippen LogP contribution in [0.3, 0.4) is 0 Å². The molecule has 0 atom stereocenters. The van der Waals surface area contributed by atoms with Crippen molar-refractivity contribution in [2.24, 2.45) is 0 Å². The fourth-order valence-corrected chi connectivity index (χ4v) is 1.91. The molecule has 2 aromatic carbocycles. The van der Waals surface area contributed by atoms with E-state index in [1.165, 1.54) is 12.1 Å². The molecule has 6 heteroatoms. The van der Waals surface area contributed by atoms with E-state index >= 15 is 0 Å². The van der Waals surface area contributed by atoms with Crippen molar-refractivity contribution in [3.63, 3.8) is 0 Å². The number of para-hydroxylation sites is 1. The normalized spacial score (nSPS) is 10.2. The summed E-state index contributed by atoms with van der Waals surface area (Å²) < 4.78 is 18.5. The molecule has 0 saturated heterocycles. The number of carbonyl (C=O) groups is 1. The summed E-state index contributed by atoms with van der Waals surface area (Å²) in [6.45, 7) is 0.0775. The number of hydrogen-bond acceptors (Lipinski definition) is 2. The van der Waals surface area contributed by atoms with Crippen LogP contribution in [0.25, 0.3) is 0 Å². The minimum Gasteiger partial charge on any atom is -0.490 e. The van der Waals surface area contributed by atoms with Crippen LogP contribution in [0.5, 0.6) is 5.75 Å². The number of hydrogen-bond donors (Lipinski definition) is 1. The third kappa shape index (κ3) is 4.62. The molecule has 21 heavy (non-hydrogen) atoms. The number of anilines is 1. The Bertz CT molecular complexity index is 649. The lowest BCUT2D eigenvalue weighted by Gasteiger charge is -2.08. The average molecular weight is 328 g/mol. The third-order valence-electron chi connectivity index (χ3n) is 2.63. The summed E-state index contributed by atoms with van der Waals surface area (Å²) in [6.07, 6.45) is 0.0918. The second-order valence-electron chi connectivity index (χ2n) is 4.21. The molecule has 0 spiro atoms. The van der Waals surface area contributed by atoms with Gasteiger partial charge in [-0.05, 0) is 30.3 Å². The first-order valence-corrected chi connectivity index (χ1v) is 6.94. The highest BCUT2D eigenvalue weighted by Gasteiger charge is 2.06. The maximum atomic E-state index is 13.3. The number of nitrogens with one attached hydrogen (secondary N) is 1. The van der Waals surface area contributed by atoms with E-state index in [1.54, 1.807) is 30.3 Å². The molecule has 110 valence electrons. The van der Waals surface area contributed by atoms with E-state index in [4.69, 9.17) is 27.9 Å². The number of amides is 1. The minimum absolute atomic E-state index is 0.0775. The smallest absolute Gasteiger partial charge is 0.227 e. The van der Waals surface area contributed by atoms with Crippen LogP contribution < -0.4 is 10.1 Å². The van der Waals surface area contributed by atoms with Gasteiger partial charge in [-0.15, -0.1) is 0 Å². The summed E-state index contributed by atoms with van der Waals surface area (Å²) >= 11 is 11.6. The highest BCUT2D eigenvalue weighted by molar-refractivity contribution is 6.42. The van der Waals surface area contributed by atoms with E-state index in [0.29, 0.717) is 15.7 Å². The van der Waals surface area contributed by atoms with E-state index in [1.807, 2.05) is 0 Å². The van der Waals surface area contributed by atoms with Crippen LogP contribution in [-0.4, -0.2) is 12.5 Å². The quantitative estimate of drug-likeness (QED) is 0.875. The van der Waals surface area contributed by atoms with Crippen molar-refractivity contribution in [1.82, 2.24) is 0 Å². The highest BCUT2D eigenvalue weighted by Crippen LogP contribution is 2.25. The maximum Gasteiger partial charge on any atom is 0.227 e. The predicted octanol–water partition coefficient (Wildman–Crippen LogP) is 4.54. The van der Waals surface area contributed by atoms with Crippen LogP contribution in [0.15, 0.2) is 42.5 Å². The first kappa shape index (κ1) is 15.6. The molecule has 0 fully saturated rings. The van der Waals surface area contributed by atoms with Gasteiger partial charge in [0.2, 0.25) is 5.91 Å². The van der Waals surface area contributed by atoms with Crippen LogP contribution in [0.4, 0.5) is 10.1 Å². The van der Waals surface area contributed by atoms with Crippen molar-refractivity contribution in [2.45, 2.75) is 6.42 Å². The van der Waals surface area contributed by atoms with Gasteiger partial charge in [0.25, 0.3) is 0 Å². The van der Waals surface area contributed by atoms with E-state index < -0.39 is 5.82 Å². The van der Waals surface area contributed by atoms with Crippen molar-refractivity contribution < 1.29 is 13.9 Å². The molecule has 0 heterocycles. The molecule has 3 nitrogen and oxygen atoms in total. The second-order valence-corrected chi connectivity index (χ2v) is 5.02. The molecular formula is C15H12Cl2FNO2. The summed E-state index contributed by atoms with van der Waals surface area (Å²) in [5.74, 6) is -0.591. The molecule has 0 aliphatic heterocycles. The van der Waals surface area contributed by atoms with E-state index in [0.717, 1.165) is 0 Å². The summed E-state index contributed by atoms with van der Waals surface area (Å²) in [5.41, 5.74) is 0.542. The minimum atomic E-state index is -0.456. The number of benzene rings is 2. The van der Waals surface area contributed by atoms with E-state index in [-0.39, 0.29) is 24.7 Å². The maximum absolute atomic E-state index is 13.3. The molecule has 2 rings (SSSR count). The monoisotopic (exact) mass is 327 g/mol. The number of halogens is 3. The van der Waals surface area contributed by atoms with Gasteiger partial charge in [0.05, 0.1) is 23.1 Å². The fraction of sp³-hybridized carbons (Fsp3) is 0.133. The lowest BCUT2D eigenvalue weighted by atomic mass is 10.3. The third-order valence-corrected chi connectivity index (χ3v) is 3.37. The number of carbonyl (C=O) groups excluding carboxylic acids is 1. The zero-order chi connectivity index (χ0) is 15.2. The van der Waals surface area contributed by atoms with Crippen molar-refractivity contribution >= 4 is 34.8 Å². The summed E-state index contributed by atoms with van der Waals surface area (Å²) in [6, 6.07) is 10.8. The topological polar surface area (TPSA) is 38.3 Å². The molecule has 0 unspecified atom stereocenters. The van der Waals surface area contributed by atoms with Gasteiger partial charge in [-0.1, -0.05) is 35.3 Å². The molecule has 0 aromatic heterocycles. The Balaban J connectivity index is 1.82. The second kappa shape index (κ2) is 7.29. The Labute approximate surface area is 131 Å². The lowest BCUT2D eigenvalue weighted by molar-refractivity contribution is -0.116. The van der Waals surface area contributed by atoms with Crippen LogP contribution in [0, 0.1) is 5.82 Å². The van der Waals surface area contributed by atoms with E-state index in [9.17, 15) is 9.18 Å². The van der Waals surface area contributed by atoms with Gasteiger partial charge in [-0.3, -0.25) is 4.79 Å². The molecule has 2 aromatic rings. The SMILES string of the molecule is O=C(CCOc1ccccc1F)Nc1ccc(Cl)c(Cl)c1. The van der Waals surface area contributed by atoms with Crippen LogP contribution in [0.2, 0.25) is 10.0 Å². The summed E-state index contributed by atoms with van der Waals surface area (Å²) in [4.78, 5) is 11.7. The van der Waals surface area contributed by atoms with Crippen molar-refractivity contribution in [3.8, 4) is 5.75 Å². The van der Waals surface area contributed by atoms with Crippen molar-refractivity contribution in [2.75, 3.05) is 11.9 Å². The molecule has 0 aliphatic rings. The number of rotatable bonds is 5. The molecule has 0 radical (unpaired) electrons.